The van der Waals surface area contributed by atoms with Crippen LogP contribution in [-0.2, 0) is 13.8 Å². The van der Waals surface area contributed by atoms with E-state index in [2.05, 4.69) is 25.9 Å². The summed E-state index contributed by atoms with van der Waals surface area (Å²) in [5.41, 5.74) is 0. The van der Waals surface area contributed by atoms with E-state index in [9.17, 15) is 5.11 Å². The van der Waals surface area contributed by atoms with Gasteiger partial charge in [-0.15, -0.1) is 0 Å². The Morgan fingerprint density at radius 1 is 0.952 bits per heavy atom. The van der Waals surface area contributed by atoms with E-state index in [0.29, 0.717) is 24.0 Å². The van der Waals surface area contributed by atoms with Crippen molar-refractivity contribution in [1.29, 1.82) is 0 Å². The largest absolute Gasteiger partial charge is 0.393 e. The molecule has 1 aliphatic heterocycles. The minimum atomic E-state index is -0.103. The Morgan fingerprint density at radius 2 is 1.57 bits per heavy atom. The first-order valence-electron chi connectivity index (χ1n) is 8.10. The van der Waals surface area contributed by atoms with Gasteiger partial charge in [-0.25, -0.2) is 0 Å². The van der Waals surface area contributed by atoms with Gasteiger partial charge in [0.15, 0.2) is 0 Å². The predicted molar refractivity (Wildman–Crippen MR) is 89.8 cm³/mol. The molecule has 2 saturated carbocycles. The molecule has 0 amide bonds. The lowest BCUT2D eigenvalue weighted by molar-refractivity contribution is 0.0416. The van der Waals surface area contributed by atoms with Gasteiger partial charge in [-0.05, 0) is 56.3 Å². The first kappa shape index (κ1) is 18.0. The first-order valence-corrected chi connectivity index (χ1v) is 9.05. The number of hydrogen-bond donors (Lipinski definition) is 1. The van der Waals surface area contributed by atoms with Gasteiger partial charge in [-0.3, -0.25) is 0 Å². The molecule has 6 heteroatoms. The van der Waals surface area contributed by atoms with Crippen LogP contribution in [0.4, 0.5) is 0 Å². The molecule has 3 aliphatic rings. The second-order valence-electron chi connectivity index (χ2n) is 6.78. The van der Waals surface area contributed by atoms with Crippen molar-refractivity contribution in [1.82, 2.24) is 0 Å². The van der Waals surface area contributed by atoms with Crippen LogP contribution in [-0.4, -0.2) is 36.6 Å². The summed E-state index contributed by atoms with van der Waals surface area (Å²) < 4.78 is 15.4. The van der Waals surface area contributed by atoms with E-state index in [4.69, 9.17) is 13.8 Å². The van der Waals surface area contributed by atoms with Crippen LogP contribution in [0.2, 0.25) is 0 Å². The quantitative estimate of drug-likeness (QED) is 0.633. The van der Waals surface area contributed by atoms with E-state index in [0.717, 1.165) is 32.0 Å². The summed E-state index contributed by atoms with van der Waals surface area (Å²) in [5.74, 6) is 1.80. The second kappa shape index (κ2) is 9.11. The number of hydrogen-bond acceptors (Lipinski definition) is 4. The molecule has 2 aliphatic carbocycles. The van der Waals surface area contributed by atoms with Crippen LogP contribution >= 0.6 is 18.9 Å². The molecular formula is C15H30O4P2. The molecule has 0 aromatic rings. The molecule has 8 unspecified atom stereocenters. The molecule has 0 aromatic heterocycles. The van der Waals surface area contributed by atoms with Gasteiger partial charge in [-0.1, -0.05) is 6.92 Å². The highest BCUT2D eigenvalue weighted by Gasteiger charge is 2.43. The molecule has 3 rings (SSSR count). The Balaban J connectivity index is 0.000000154. The smallest absolute Gasteiger partial charge is 0.0845 e. The van der Waals surface area contributed by atoms with Gasteiger partial charge in [0.25, 0.3) is 0 Å². The van der Waals surface area contributed by atoms with Crippen LogP contribution in [0.25, 0.3) is 0 Å². The minimum Gasteiger partial charge on any atom is -0.393 e. The van der Waals surface area contributed by atoms with E-state index >= 15 is 0 Å². The molecule has 3 fully saturated rings. The normalized spacial score (nSPS) is 41.7. The SMILES string of the molecule is CC1CCC(COP)CC1O.POCC1CCC2OC2C1. The first-order chi connectivity index (χ1) is 10.1. The van der Waals surface area contributed by atoms with Gasteiger partial charge in [0, 0.05) is 18.9 Å². The van der Waals surface area contributed by atoms with Gasteiger partial charge < -0.3 is 18.9 Å². The molecule has 4 nitrogen and oxygen atoms in total. The Bertz CT molecular complexity index is 305. The minimum absolute atomic E-state index is 0.103. The highest BCUT2D eigenvalue weighted by atomic mass is 31.0. The van der Waals surface area contributed by atoms with Crippen molar-refractivity contribution in [3.8, 4) is 0 Å². The predicted octanol–water partition coefficient (Wildman–Crippen LogP) is 2.95. The third-order valence-electron chi connectivity index (χ3n) is 5.04. The fraction of sp³-hybridized carbons (Fsp3) is 1.00. The number of rotatable bonds is 4. The van der Waals surface area contributed by atoms with E-state index in [1.54, 1.807) is 0 Å². The van der Waals surface area contributed by atoms with Crippen LogP contribution < -0.4 is 0 Å². The Morgan fingerprint density at radius 3 is 2.14 bits per heavy atom. The molecule has 0 aromatic carbocycles. The lowest BCUT2D eigenvalue weighted by Crippen LogP contribution is -2.28. The van der Waals surface area contributed by atoms with E-state index < -0.39 is 0 Å². The zero-order chi connectivity index (χ0) is 15.2. The van der Waals surface area contributed by atoms with Crippen molar-refractivity contribution < 1.29 is 18.9 Å². The fourth-order valence-electron chi connectivity index (χ4n) is 3.44. The van der Waals surface area contributed by atoms with Crippen molar-refractivity contribution in [2.75, 3.05) is 13.2 Å². The molecule has 0 bridgehead atoms. The van der Waals surface area contributed by atoms with Gasteiger partial charge in [-0.2, -0.15) is 0 Å². The Labute approximate surface area is 133 Å². The number of ether oxygens (including phenoxy) is 1. The van der Waals surface area contributed by atoms with Crippen molar-refractivity contribution in [2.45, 2.75) is 63.8 Å². The van der Waals surface area contributed by atoms with Crippen LogP contribution in [0.15, 0.2) is 0 Å². The van der Waals surface area contributed by atoms with Gasteiger partial charge >= 0.3 is 0 Å². The zero-order valence-electron chi connectivity index (χ0n) is 12.9. The van der Waals surface area contributed by atoms with Gasteiger partial charge in [0.2, 0.25) is 0 Å². The summed E-state index contributed by atoms with van der Waals surface area (Å²) in [7, 11) is 4.58. The fourth-order valence-corrected chi connectivity index (χ4v) is 3.99. The summed E-state index contributed by atoms with van der Waals surface area (Å²) in [4.78, 5) is 0. The van der Waals surface area contributed by atoms with Crippen LogP contribution in [0.1, 0.15) is 45.4 Å². The number of aliphatic hydroxyl groups excluding tert-OH is 1. The maximum Gasteiger partial charge on any atom is 0.0845 e. The van der Waals surface area contributed by atoms with Gasteiger partial charge in [0.05, 0.1) is 31.5 Å². The lowest BCUT2D eigenvalue weighted by atomic mass is 9.81. The van der Waals surface area contributed by atoms with Crippen molar-refractivity contribution in [3.05, 3.63) is 0 Å². The van der Waals surface area contributed by atoms with Crippen molar-refractivity contribution >= 4 is 18.9 Å². The van der Waals surface area contributed by atoms with Crippen molar-refractivity contribution in [3.63, 3.8) is 0 Å². The summed E-state index contributed by atoms with van der Waals surface area (Å²) in [5, 5.41) is 9.51. The highest BCUT2D eigenvalue weighted by molar-refractivity contribution is 7.10. The molecule has 21 heavy (non-hydrogen) atoms. The van der Waals surface area contributed by atoms with Crippen molar-refractivity contribution in [2.24, 2.45) is 17.8 Å². The third kappa shape index (κ3) is 6.01. The topological polar surface area (TPSA) is 51.2 Å². The summed E-state index contributed by atoms with van der Waals surface area (Å²) >= 11 is 0. The Hall–Kier alpha value is 0.700. The molecule has 0 spiro atoms. The van der Waals surface area contributed by atoms with E-state index in [1.807, 2.05) is 0 Å². The van der Waals surface area contributed by atoms with Crippen LogP contribution in [0.5, 0.6) is 0 Å². The lowest BCUT2D eigenvalue weighted by Gasteiger charge is -2.30. The zero-order valence-corrected chi connectivity index (χ0v) is 15.3. The maximum atomic E-state index is 9.51. The summed E-state index contributed by atoms with van der Waals surface area (Å²) in [6, 6.07) is 0. The average molecular weight is 336 g/mol. The van der Waals surface area contributed by atoms with E-state index in [1.165, 1.54) is 25.7 Å². The summed E-state index contributed by atoms with van der Waals surface area (Å²) in [6.45, 7) is 3.77. The number of epoxide rings is 1. The maximum absolute atomic E-state index is 9.51. The standard InChI is InChI=1S/C8H17O2P.C7H13O2P/c1-6-2-3-7(5-10-11)4-8(6)9;10-8-4-5-1-2-6-7(3-5)9-6/h6-9H,2-5,11H2,1H3;5-7H,1-4,10H2. The molecular weight excluding hydrogens is 306 g/mol. The molecule has 1 heterocycles. The van der Waals surface area contributed by atoms with Gasteiger partial charge in [0.1, 0.15) is 0 Å². The highest BCUT2D eigenvalue weighted by Crippen LogP contribution is 2.39. The Kier molecular flexibility index (Phi) is 7.83. The molecule has 8 atom stereocenters. The van der Waals surface area contributed by atoms with Crippen LogP contribution in [0, 0.1) is 17.8 Å². The molecule has 1 saturated heterocycles. The molecule has 0 radical (unpaired) electrons. The average Bonchev–Trinajstić information content (AvgIpc) is 3.23. The van der Waals surface area contributed by atoms with E-state index in [-0.39, 0.29) is 6.10 Å². The monoisotopic (exact) mass is 336 g/mol. The van der Waals surface area contributed by atoms with Crippen LogP contribution in [0.3, 0.4) is 0 Å². The summed E-state index contributed by atoms with van der Waals surface area (Å²) in [6.07, 6.45) is 8.13. The second-order valence-corrected chi connectivity index (χ2v) is 7.45. The number of aliphatic hydroxyl groups is 1. The molecule has 124 valence electrons. The molecule has 1 N–H and O–H groups in total. The third-order valence-corrected chi connectivity index (χ3v) is 5.42. The number of fused-ring (bicyclic) bond motifs is 1.